The Morgan fingerprint density at radius 2 is 1.43 bits per heavy atom. The second-order valence-electron chi connectivity index (χ2n) is 6.99. The van der Waals surface area contributed by atoms with Gasteiger partial charge in [-0.15, -0.1) is 0 Å². The van der Waals surface area contributed by atoms with Crippen LogP contribution in [0.3, 0.4) is 0 Å². The number of carbonyl (C=O) groups excluding carboxylic acids is 1. The van der Waals surface area contributed by atoms with Crippen LogP contribution < -0.4 is 0 Å². The zero-order valence-corrected chi connectivity index (χ0v) is 17.6. The molecule has 0 spiro atoms. The summed E-state index contributed by atoms with van der Waals surface area (Å²) < 4.78 is 18.4. The normalized spacial score (nSPS) is 14.5. The quantitative estimate of drug-likeness (QED) is 0.440. The van der Waals surface area contributed by atoms with E-state index in [4.69, 9.17) is 4.74 Å². The summed E-state index contributed by atoms with van der Waals surface area (Å²) >= 11 is 0. The minimum absolute atomic E-state index is 0.233. The molecule has 0 saturated heterocycles. The van der Waals surface area contributed by atoms with Crippen LogP contribution in [0.4, 0.5) is 0 Å². The molecule has 6 heteroatoms. The lowest BCUT2D eigenvalue weighted by molar-refractivity contribution is -0.105. The van der Waals surface area contributed by atoms with Gasteiger partial charge < -0.3 is 14.5 Å². The van der Waals surface area contributed by atoms with Gasteiger partial charge >= 0.3 is 7.60 Å². The van der Waals surface area contributed by atoms with Crippen molar-refractivity contribution in [1.29, 1.82) is 0 Å². The Balaban J connectivity index is 2.86. The summed E-state index contributed by atoms with van der Waals surface area (Å²) in [5.41, 5.74) is -1.51. The van der Waals surface area contributed by atoms with Crippen molar-refractivity contribution in [3.8, 4) is 0 Å². The van der Waals surface area contributed by atoms with Crippen molar-refractivity contribution >= 4 is 13.4 Å². The molecule has 0 radical (unpaired) electrons. The molecule has 0 fully saturated rings. The van der Waals surface area contributed by atoms with Crippen molar-refractivity contribution in [2.24, 2.45) is 5.41 Å². The lowest BCUT2D eigenvalue weighted by atomic mass is 9.63. The van der Waals surface area contributed by atoms with E-state index in [0.29, 0.717) is 24.0 Å². The number of hydrogen-bond donors (Lipinski definition) is 2. The molecule has 0 amide bonds. The van der Waals surface area contributed by atoms with Gasteiger partial charge in [-0.3, -0.25) is 9.36 Å². The topological polar surface area (TPSA) is 83.8 Å². The van der Waals surface area contributed by atoms with Gasteiger partial charge in [-0.2, -0.15) is 0 Å². The summed E-state index contributed by atoms with van der Waals surface area (Å²) in [6, 6.07) is 17.9. The molecule has 0 bridgehead atoms. The maximum absolute atomic E-state index is 13.9. The minimum atomic E-state index is -4.42. The molecule has 2 rings (SSSR count). The molecule has 0 aromatic heterocycles. The Bertz CT molecular complexity index is 811. The fraction of sp³-hybridized carbons (Fsp3) is 0.409. The molecule has 5 nitrogen and oxygen atoms in total. The molecule has 0 aliphatic heterocycles. The second kappa shape index (κ2) is 9.15. The van der Waals surface area contributed by atoms with Gasteiger partial charge in [-0.1, -0.05) is 74.5 Å². The van der Waals surface area contributed by atoms with E-state index in [1.54, 1.807) is 43.3 Å². The van der Waals surface area contributed by atoms with Crippen LogP contribution in [0, 0.1) is 5.41 Å². The van der Waals surface area contributed by atoms with Crippen molar-refractivity contribution in [2.75, 3.05) is 12.8 Å². The average Bonchev–Trinajstić information content (AvgIpc) is 2.70. The van der Waals surface area contributed by atoms with Crippen molar-refractivity contribution in [1.82, 2.24) is 0 Å². The Hall–Kier alpha value is -1.78. The highest BCUT2D eigenvalue weighted by molar-refractivity contribution is 7.51. The lowest BCUT2D eigenvalue weighted by Crippen LogP contribution is -2.55. The Morgan fingerprint density at radius 3 is 1.86 bits per heavy atom. The minimum Gasteiger partial charge on any atom is -0.362 e. The smallest absolute Gasteiger partial charge is 0.326 e. The molecule has 2 N–H and O–H groups in total. The highest BCUT2D eigenvalue weighted by Crippen LogP contribution is 2.56. The summed E-state index contributed by atoms with van der Waals surface area (Å²) in [7, 11) is -4.42. The first-order valence-corrected chi connectivity index (χ1v) is 11.4. The molecule has 0 aliphatic carbocycles. The number of carbonyl (C=O) groups is 1. The van der Waals surface area contributed by atoms with E-state index in [0.717, 1.165) is 0 Å². The fourth-order valence-electron chi connectivity index (χ4n) is 4.14. The largest absolute Gasteiger partial charge is 0.362 e. The summed E-state index contributed by atoms with van der Waals surface area (Å²) in [6.45, 7) is 5.74. The van der Waals surface area contributed by atoms with Crippen LogP contribution in [0.1, 0.15) is 49.5 Å². The van der Waals surface area contributed by atoms with E-state index in [1.807, 2.05) is 38.1 Å². The number of benzene rings is 2. The standard InChI is InChI=1S/C22H29O5P/c1-4-21(5-2,17-28(24,25)26)22(27-6-3,19-15-11-8-12-16-19)20(23)18-13-9-7-10-14-18/h7-16H,4-6,17H2,1-3H3,(H2,24,25,26). The highest BCUT2D eigenvalue weighted by atomic mass is 31.2. The maximum atomic E-state index is 13.9. The summed E-state index contributed by atoms with van der Waals surface area (Å²) in [6.07, 6.45) is 0.324. The van der Waals surface area contributed by atoms with Crippen molar-refractivity contribution in [3.05, 3.63) is 71.8 Å². The third-order valence-corrected chi connectivity index (χ3v) is 6.52. The lowest BCUT2D eigenvalue weighted by Gasteiger charge is -2.49. The molecular formula is C22H29O5P. The Labute approximate surface area is 166 Å². The van der Waals surface area contributed by atoms with Crippen LogP contribution in [0.25, 0.3) is 0 Å². The molecule has 28 heavy (non-hydrogen) atoms. The van der Waals surface area contributed by atoms with Gasteiger partial charge in [0.1, 0.15) is 0 Å². The first-order valence-electron chi connectivity index (χ1n) is 9.60. The van der Waals surface area contributed by atoms with Crippen molar-refractivity contribution < 1.29 is 23.9 Å². The number of hydrogen-bond acceptors (Lipinski definition) is 3. The Morgan fingerprint density at radius 1 is 0.929 bits per heavy atom. The van der Waals surface area contributed by atoms with Gasteiger partial charge in [0.15, 0.2) is 11.4 Å². The molecule has 0 heterocycles. The second-order valence-corrected chi connectivity index (χ2v) is 8.63. The number of ether oxygens (including phenoxy) is 1. The van der Waals surface area contributed by atoms with Gasteiger partial charge in [-0.25, -0.2) is 0 Å². The maximum Gasteiger partial charge on any atom is 0.326 e. The van der Waals surface area contributed by atoms with Crippen LogP contribution in [0.15, 0.2) is 60.7 Å². The van der Waals surface area contributed by atoms with E-state index in [9.17, 15) is 19.1 Å². The van der Waals surface area contributed by atoms with Gasteiger partial charge in [0, 0.05) is 17.6 Å². The number of Topliss-reactive ketones (excluding diaryl/α,β-unsaturated/α-hetero) is 1. The molecule has 1 atom stereocenters. The van der Waals surface area contributed by atoms with E-state index >= 15 is 0 Å². The molecular weight excluding hydrogens is 375 g/mol. The first-order chi connectivity index (χ1) is 13.3. The third kappa shape index (κ3) is 4.28. The third-order valence-electron chi connectivity index (χ3n) is 5.51. The molecule has 2 aromatic rings. The van der Waals surface area contributed by atoms with Crippen molar-refractivity contribution in [3.63, 3.8) is 0 Å². The van der Waals surface area contributed by atoms with Crippen LogP contribution in [0.2, 0.25) is 0 Å². The Kier molecular flexibility index (Phi) is 7.35. The van der Waals surface area contributed by atoms with E-state index < -0.39 is 24.8 Å². The van der Waals surface area contributed by atoms with Crippen LogP contribution in [0.5, 0.6) is 0 Å². The van der Waals surface area contributed by atoms with Crippen LogP contribution >= 0.6 is 7.60 Å². The van der Waals surface area contributed by atoms with Crippen LogP contribution in [-0.4, -0.2) is 28.3 Å². The van der Waals surface area contributed by atoms with E-state index in [-0.39, 0.29) is 12.4 Å². The summed E-state index contributed by atoms with van der Waals surface area (Å²) in [5, 5.41) is 0. The number of ketones is 1. The summed E-state index contributed by atoms with van der Waals surface area (Å²) in [5.74, 6) is -0.279. The van der Waals surface area contributed by atoms with E-state index in [2.05, 4.69) is 0 Å². The van der Waals surface area contributed by atoms with Gasteiger partial charge in [0.2, 0.25) is 0 Å². The van der Waals surface area contributed by atoms with Gasteiger partial charge in [-0.05, 0) is 25.3 Å². The molecule has 152 valence electrons. The molecule has 0 aliphatic rings. The molecule has 2 aromatic carbocycles. The predicted octanol–water partition coefficient (Wildman–Crippen LogP) is 4.79. The first kappa shape index (κ1) is 22.5. The zero-order valence-electron chi connectivity index (χ0n) is 16.7. The molecule has 1 unspecified atom stereocenters. The van der Waals surface area contributed by atoms with Gasteiger partial charge in [0.25, 0.3) is 0 Å². The molecule has 0 saturated carbocycles. The van der Waals surface area contributed by atoms with E-state index in [1.165, 1.54) is 0 Å². The highest BCUT2D eigenvalue weighted by Gasteiger charge is 2.58. The fourth-order valence-corrected chi connectivity index (χ4v) is 5.60. The van der Waals surface area contributed by atoms with Crippen LogP contribution in [-0.2, 0) is 14.9 Å². The summed E-state index contributed by atoms with van der Waals surface area (Å²) in [4.78, 5) is 33.7. The van der Waals surface area contributed by atoms with Crippen molar-refractivity contribution in [2.45, 2.75) is 39.2 Å². The monoisotopic (exact) mass is 404 g/mol. The zero-order chi connectivity index (χ0) is 20.8. The average molecular weight is 404 g/mol. The predicted molar refractivity (Wildman–Crippen MR) is 110 cm³/mol. The number of rotatable bonds is 10. The SMILES string of the molecule is CCOC(C(=O)c1ccccc1)(c1ccccc1)C(CC)(CC)CP(=O)(O)O. The van der Waals surface area contributed by atoms with Gasteiger partial charge in [0.05, 0.1) is 6.16 Å².